The summed E-state index contributed by atoms with van der Waals surface area (Å²) in [5.41, 5.74) is 9.98. The lowest BCUT2D eigenvalue weighted by atomic mass is 9.91. The number of hydrogen-bond acceptors (Lipinski definition) is 3. The molecule has 1 aliphatic heterocycles. The number of rotatable bonds is 5. The Kier molecular flexibility index (Phi) is 7.17. The SMILES string of the molecule is CCC1C=C(c2ccc(-n3c4ccccc4c4cc5ccccc5cc43)c3oc4cc5ccccc5cc4c23)N=C(c2ccccc2)N=C1c1ccccc1. The fraction of sp³-hybridized carbons (Fsp3) is 0.0588. The molecule has 0 saturated carbocycles. The smallest absolute Gasteiger partial charge is 0.160 e. The highest BCUT2D eigenvalue weighted by atomic mass is 16.3. The molecule has 2 aromatic heterocycles. The van der Waals surface area contributed by atoms with Gasteiger partial charge in [0.2, 0.25) is 0 Å². The van der Waals surface area contributed by atoms with Gasteiger partial charge in [-0.2, -0.15) is 0 Å². The van der Waals surface area contributed by atoms with Crippen LogP contribution < -0.4 is 0 Å². The van der Waals surface area contributed by atoms with E-state index in [4.69, 9.17) is 14.4 Å². The molecule has 0 aliphatic carbocycles. The maximum Gasteiger partial charge on any atom is 0.160 e. The molecule has 0 saturated heterocycles. The first-order chi connectivity index (χ1) is 27.2. The first-order valence-electron chi connectivity index (χ1n) is 19.0. The Morgan fingerprint density at radius 3 is 1.89 bits per heavy atom. The first kappa shape index (κ1) is 31.5. The topological polar surface area (TPSA) is 42.8 Å². The Morgan fingerprint density at radius 1 is 0.545 bits per heavy atom. The van der Waals surface area contributed by atoms with Crippen LogP contribution in [0.2, 0.25) is 0 Å². The summed E-state index contributed by atoms with van der Waals surface area (Å²) in [6, 6.07) is 60.3. The lowest BCUT2D eigenvalue weighted by Gasteiger charge is -2.15. The number of benzene rings is 8. The summed E-state index contributed by atoms with van der Waals surface area (Å²) in [6.07, 6.45) is 3.20. The summed E-state index contributed by atoms with van der Waals surface area (Å²) in [5, 5.41) is 9.28. The van der Waals surface area contributed by atoms with Crippen molar-refractivity contribution >= 4 is 82.5 Å². The third kappa shape index (κ3) is 5.06. The van der Waals surface area contributed by atoms with Crippen LogP contribution >= 0.6 is 0 Å². The van der Waals surface area contributed by atoms with Crippen LogP contribution in [0.3, 0.4) is 0 Å². The van der Waals surface area contributed by atoms with E-state index in [0.29, 0.717) is 5.84 Å². The van der Waals surface area contributed by atoms with E-state index in [9.17, 15) is 0 Å². The summed E-state index contributed by atoms with van der Waals surface area (Å²) in [7, 11) is 0. The molecule has 3 heterocycles. The van der Waals surface area contributed by atoms with Crippen molar-refractivity contribution in [1.29, 1.82) is 0 Å². The molecule has 55 heavy (non-hydrogen) atoms. The van der Waals surface area contributed by atoms with Crippen molar-refractivity contribution in [2.24, 2.45) is 15.9 Å². The minimum Gasteiger partial charge on any atom is -0.454 e. The quantitative estimate of drug-likeness (QED) is 0.176. The molecule has 0 N–H and O–H groups in total. The van der Waals surface area contributed by atoms with Gasteiger partial charge in [-0.1, -0.05) is 134 Å². The van der Waals surface area contributed by atoms with Crippen LogP contribution in [0.5, 0.6) is 0 Å². The maximum absolute atomic E-state index is 7.09. The Hall–Kier alpha value is -7.04. The highest BCUT2D eigenvalue weighted by Crippen LogP contribution is 2.44. The number of hydrogen-bond donors (Lipinski definition) is 0. The van der Waals surface area contributed by atoms with E-state index in [-0.39, 0.29) is 5.92 Å². The molecule has 0 fully saturated rings. The molecule has 10 aromatic rings. The van der Waals surface area contributed by atoms with Gasteiger partial charge in [0.15, 0.2) is 11.4 Å². The Labute approximate surface area is 318 Å². The van der Waals surface area contributed by atoms with Gasteiger partial charge in [0, 0.05) is 38.6 Å². The number of aliphatic imine (C=N–C) groups is 2. The van der Waals surface area contributed by atoms with Gasteiger partial charge in [0.1, 0.15) is 5.58 Å². The van der Waals surface area contributed by atoms with Gasteiger partial charge in [-0.15, -0.1) is 0 Å². The van der Waals surface area contributed by atoms with E-state index < -0.39 is 0 Å². The van der Waals surface area contributed by atoms with E-state index in [1.165, 1.54) is 26.9 Å². The molecule has 0 spiro atoms. The summed E-state index contributed by atoms with van der Waals surface area (Å²) < 4.78 is 9.48. The number of nitrogens with zero attached hydrogens (tertiary/aromatic N) is 3. The van der Waals surface area contributed by atoms with Crippen LogP contribution in [0.1, 0.15) is 30.0 Å². The molecule has 1 unspecified atom stereocenters. The van der Waals surface area contributed by atoms with Crippen LogP contribution in [-0.2, 0) is 0 Å². The molecule has 4 nitrogen and oxygen atoms in total. The average Bonchev–Trinajstić information content (AvgIpc) is 3.69. The summed E-state index contributed by atoms with van der Waals surface area (Å²) in [4.78, 5) is 10.8. The summed E-state index contributed by atoms with van der Waals surface area (Å²) in [5.74, 6) is 0.744. The average molecular weight is 706 g/mol. The number of fused-ring (bicyclic) bond motifs is 8. The van der Waals surface area contributed by atoms with Crippen LogP contribution in [0.4, 0.5) is 0 Å². The minimum atomic E-state index is 0.0432. The van der Waals surface area contributed by atoms with Gasteiger partial charge >= 0.3 is 0 Å². The molecule has 1 atom stereocenters. The van der Waals surface area contributed by atoms with Crippen LogP contribution in [0.25, 0.3) is 76.7 Å². The molecule has 0 bridgehead atoms. The number of aromatic nitrogens is 1. The van der Waals surface area contributed by atoms with E-state index in [1.54, 1.807) is 0 Å². The van der Waals surface area contributed by atoms with Crippen molar-refractivity contribution in [1.82, 2.24) is 4.57 Å². The lowest BCUT2D eigenvalue weighted by Crippen LogP contribution is -2.14. The molecule has 1 aliphatic rings. The zero-order valence-electron chi connectivity index (χ0n) is 30.3. The monoisotopic (exact) mass is 705 g/mol. The third-order valence-corrected chi connectivity index (χ3v) is 11.2. The van der Waals surface area contributed by atoms with E-state index >= 15 is 0 Å². The van der Waals surface area contributed by atoms with E-state index in [0.717, 1.165) is 78.6 Å². The van der Waals surface area contributed by atoms with Gasteiger partial charge in [-0.3, -0.25) is 0 Å². The predicted octanol–water partition coefficient (Wildman–Crippen LogP) is 13.3. The first-order valence-corrected chi connectivity index (χ1v) is 19.0. The molecule has 11 rings (SSSR count). The standard InChI is InChI=1S/C51H35N3O/c1-2-32-29-43(52-51(34-17-7-4-8-18-34)53-49(32)33-15-5-3-6-16-33)40-25-26-45(50-48(40)42-28-36-20-10-12-22-38(36)31-47(42)55-50)54-44-24-14-13-23-39(44)41-27-35-19-9-11-21-37(35)30-46(41)54/h3-32H,2H2,1H3. The van der Waals surface area contributed by atoms with Gasteiger partial charge in [-0.05, 0) is 82.1 Å². The lowest BCUT2D eigenvalue weighted by molar-refractivity contribution is 0.667. The van der Waals surface area contributed by atoms with Gasteiger partial charge in [0.05, 0.1) is 28.1 Å². The van der Waals surface area contributed by atoms with Crippen molar-refractivity contribution in [2.45, 2.75) is 13.3 Å². The Morgan fingerprint density at radius 2 is 1.16 bits per heavy atom. The second-order valence-corrected chi connectivity index (χ2v) is 14.4. The normalized spacial score (nSPS) is 14.9. The Bertz CT molecular complexity index is 3240. The molecule has 0 radical (unpaired) electrons. The maximum atomic E-state index is 7.09. The largest absolute Gasteiger partial charge is 0.454 e. The molecule has 8 aromatic carbocycles. The van der Waals surface area contributed by atoms with Gasteiger partial charge in [0.25, 0.3) is 0 Å². The number of para-hydroxylation sites is 1. The Balaban J connectivity index is 1.24. The second-order valence-electron chi connectivity index (χ2n) is 14.4. The van der Waals surface area contributed by atoms with Gasteiger partial charge < -0.3 is 8.98 Å². The van der Waals surface area contributed by atoms with E-state index in [2.05, 4.69) is 181 Å². The van der Waals surface area contributed by atoms with Crippen molar-refractivity contribution in [2.75, 3.05) is 0 Å². The van der Waals surface area contributed by atoms with Crippen LogP contribution in [0, 0.1) is 5.92 Å². The highest BCUT2D eigenvalue weighted by Gasteiger charge is 2.26. The van der Waals surface area contributed by atoms with Crippen LogP contribution in [0.15, 0.2) is 190 Å². The van der Waals surface area contributed by atoms with Gasteiger partial charge in [-0.25, -0.2) is 9.98 Å². The van der Waals surface area contributed by atoms with Crippen molar-refractivity contribution in [3.05, 3.63) is 193 Å². The number of allylic oxidation sites excluding steroid dienone is 1. The number of furan rings is 1. The highest BCUT2D eigenvalue weighted by molar-refractivity contribution is 6.21. The third-order valence-electron chi connectivity index (χ3n) is 11.2. The summed E-state index contributed by atoms with van der Waals surface area (Å²) in [6.45, 7) is 2.23. The summed E-state index contributed by atoms with van der Waals surface area (Å²) >= 11 is 0. The molecule has 0 amide bonds. The molecule has 260 valence electrons. The molecule has 4 heteroatoms. The van der Waals surface area contributed by atoms with Crippen LogP contribution in [-0.4, -0.2) is 16.1 Å². The fourth-order valence-corrected chi connectivity index (χ4v) is 8.56. The van der Waals surface area contributed by atoms with E-state index in [1.807, 2.05) is 6.07 Å². The number of amidine groups is 1. The van der Waals surface area contributed by atoms with Crippen molar-refractivity contribution < 1.29 is 4.42 Å². The second kappa shape index (κ2) is 12.5. The zero-order chi connectivity index (χ0) is 36.5. The minimum absolute atomic E-state index is 0.0432. The fourth-order valence-electron chi connectivity index (χ4n) is 8.56. The predicted molar refractivity (Wildman–Crippen MR) is 231 cm³/mol. The van der Waals surface area contributed by atoms with Crippen molar-refractivity contribution in [3.8, 4) is 5.69 Å². The molecular weight excluding hydrogens is 671 g/mol. The molecular formula is C51H35N3O. The zero-order valence-corrected chi connectivity index (χ0v) is 30.3. The van der Waals surface area contributed by atoms with Crippen molar-refractivity contribution in [3.63, 3.8) is 0 Å².